The summed E-state index contributed by atoms with van der Waals surface area (Å²) in [4.78, 5) is 0. The zero-order valence-electron chi connectivity index (χ0n) is 11.6. The summed E-state index contributed by atoms with van der Waals surface area (Å²) in [7, 11) is 0. The van der Waals surface area contributed by atoms with E-state index in [1.807, 2.05) is 12.1 Å². The van der Waals surface area contributed by atoms with E-state index in [4.69, 9.17) is 0 Å². The van der Waals surface area contributed by atoms with Gasteiger partial charge in [-0.1, -0.05) is 72.5 Å². The van der Waals surface area contributed by atoms with Crippen LogP contribution in [0.5, 0.6) is 0 Å². The minimum absolute atomic E-state index is 0.872. The molecule has 0 bridgehead atoms. The third-order valence-corrected chi connectivity index (χ3v) is 3.00. The summed E-state index contributed by atoms with van der Waals surface area (Å²) in [5, 5.41) is 0. The molecule has 0 heteroatoms. The average molecular weight is 258 g/mol. The van der Waals surface area contributed by atoms with Gasteiger partial charge in [-0.2, -0.15) is 0 Å². The van der Waals surface area contributed by atoms with Gasteiger partial charge in [0.25, 0.3) is 0 Å². The Labute approximate surface area is 121 Å². The number of benzene rings is 2. The fraction of sp³-hybridized carbons (Fsp3) is 0.200. The predicted molar refractivity (Wildman–Crippen MR) is 85.1 cm³/mol. The van der Waals surface area contributed by atoms with E-state index in [0.29, 0.717) is 0 Å². The Kier molecular flexibility index (Phi) is 6.03. The van der Waals surface area contributed by atoms with Gasteiger partial charge in [0.05, 0.1) is 0 Å². The summed E-state index contributed by atoms with van der Waals surface area (Å²) in [6.45, 7) is 0. The van der Waals surface area contributed by atoms with Crippen molar-refractivity contribution >= 4 is 0 Å². The first-order valence-corrected chi connectivity index (χ1v) is 6.99. The molecule has 0 saturated heterocycles. The summed E-state index contributed by atoms with van der Waals surface area (Å²) in [6.07, 6.45) is 3.74. The minimum atomic E-state index is 0.872. The maximum atomic E-state index is 3.11. The molecule has 0 aliphatic rings. The van der Waals surface area contributed by atoms with Gasteiger partial charge in [-0.15, -0.1) is 0 Å². The van der Waals surface area contributed by atoms with E-state index in [-0.39, 0.29) is 0 Å². The summed E-state index contributed by atoms with van der Waals surface area (Å²) in [6, 6.07) is 20.8. The molecule has 0 saturated carbocycles. The molecule has 2 aromatic rings. The summed E-state index contributed by atoms with van der Waals surface area (Å²) < 4.78 is 0. The van der Waals surface area contributed by atoms with E-state index in [2.05, 4.69) is 72.2 Å². The van der Waals surface area contributed by atoms with Crippen LogP contribution in [0.15, 0.2) is 60.7 Å². The topological polar surface area (TPSA) is 0 Å². The maximum Gasteiger partial charge on any atom is 0.0139 e. The number of aryl methyl sites for hydroxylation is 2. The molecule has 0 unspecified atom stereocenters. The Morgan fingerprint density at radius 2 is 0.950 bits per heavy atom. The monoisotopic (exact) mass is 258 g/mol. The highest BCUT2D eigenvalue weighted by atomic mass is 13.9. The van der Waals surface area contributed by atoms with Gasteiger partial charge in [0.1, 0.15) is 0 Å². The van der Waals surface area contributed by atoms with Gasteiger partial charge in [0.2, 0.25) is 0 Å². The molecule has 0 heterocycles. The third-order valence-electron chi connectivity index (χ3n) is 3.00. The second-order valence-corrected chi connectivity index (χ2v) is 4.57. The third kappa shape index (κ3) is 5.47. The van der Waals surface area contributed by atoms with Crippen LogP contribution in [-0.2, 0) is 12.8 Å². The molecule has 0 N–H and O–H groups in total. The van der Waals surface area contributed by atoms with E-state index < -0.39 is 0 Å². The number of hydrogen-bond donors (Lipinski definition) is 0. The van der Waals surface area contributed by atoms with Crippen LogP contribution in [0.4, 0.5) is 0 Å². The van der Waals surface area contributed by atoms with Crippen molar-refractivity contribution in [1.29, 1.82) is 0 Å². The Hall–Kier alpha value is -2.44. The highest BCUT2D eigenvalue weighted by Crippen LogP contribution is 2.02. The molecule has 0 radical (unpaired) electrons. The smallest absolute Gasteiger partial charge is 0.0139 e. The number of rotatable bonds is 4. The molecule has 0 spiro atoms. The zero-order valence-corrected chi connectivity index (χ0v) is 11.6. The van der Waals surface area contributed by atoms with E-state index in [1.165, 1.54) is 11.1 Å². The largest absolute Gasteiger partial charge is 0.0888 e. The molecule has 98 valence electrons. The van der Waals surface area contributed by atoms with Gasteiger partial charge in [-0.3, -0.25) is 0 Å². The molecular weight excluding hydrogens is 240 g/mol. The molecule has 0 fully saturated rings. The Morgan fingerprint density at radius 1 is 0.550 bits per heavy atom. The standard InChI is InChI=1S/C20H18/c1(3-7-13-19-15-9-5-10-16-19)2-4-8-14-20-17-11-6-12-18-20/h5-6,9-12,15-18H,7-8,13-14H2. The summed E-state index contributed by atoms with van der Waals surface area (Å²) >= 11 is 0. The highest BCUT2D eigenvalue weighted by Gasteiger charge is 1.88. The second-order valence-electron chi connectivity index (χ2n) is 4.57. The van der Waals surface area contributed by atoms with Gasteiger partial charge < -0.3 is 0 Å². The fourth-order valence-electron chi connectivity index (χ4n) is 1.92. The van der Waals surface area contributed by atoms with Gasteiger partial charge in [-0.25, -0.2) is 0 Å². The van der Waals surface area contributed by atoms with Crippen molar-refractivity contribution in [3.8, 4) is 23.7 Å². The van der Waals surface area contributed by atoms with E-state index >= 15 is 0 Å². The first kappa shape index (κ1) is 14.0. The van der Waals surface area contributed by atoms with Crippen LogP contribution in [0.3, 0.4) is 0 Å². The van der Waals surface area contributed by atoms with Crippen molar-refractivity contribution in [2.24, 2.45) is 0 Å². The average Bonchev–Trinajstić information content (AvgIpc) is 2.52. The minimum Gasteiger partial charge on any atom is -0.0888 e. The molecule has 0 aromatic heterocycles. The molecule has 0 amide bonds. The highest BCUT2D eigenvalue weighted by molar-refractivity contribution is 5.27. The molecule has 20 heavy (non-hydrogen) atoms. The Bertz CT molecular complexity index is 556. The van der Waals surface area contributed by atoms with Crippen LogP contribution in [0, 0.1) is 23.7 Å². The SMILES string of the molecule is C(C#CCCc1ccccc1)#CCCc1ccccc1. The van der Waals surface area contributed by atoms with Gasteiger partial charge in [0.15, 0.2) is 0 Å². The predicted octanol–water partition coefficient (Wildman–Crippen LogP) is 4.26. The lowest BCUT2D eigenvalue weighted by Crippen LogP contribution is -1.81. The molecule has 0 atom stereocenters. The molecule has 0 aliphatic heterocycles. The van der Waals surface area contributed by atoms with Crippen molar-refractivity contribution in [2.75, 3.05) is 0 Å². The van der Waals surface area contributed by atoms with E-state index in [9.17, 15) is 0 Å². The lowest BCUT2D eigenvalue weighted by atomic mass is 10.1. The lowest BCUT2D eigenvalue weighted by molar-refractivity contribution is 1.03. The number of hydrogen-bond acceptors (Lipinski definition) is 0. The molecular formula is C20H18. The van der Waals surface area contributed by atoms with Crippen molar-refractivity contribution in [1.82, 2.24) is 0 Å². The molecule has 2 aromatic carbocycles. The van der Waals surface area contributed by atoms with Crippen LogP contribution in [0.2, 0.25) is 0 Å². The second kappa shape index (κ2) is 8.63. The van der Waals surface area contributed by atoms with E-state index in [1.54, 1.807) is 0 Å². The van der Waals surface area contributed by atoms with Crippen molar-refractivity contribution in [3.63, 3.8) is 0 Å². The Balaban J connectivity index is 1.66. The maximum absolute atomic E-state index is 3.11. The lowest BCUT2D eigenvalue weighted by Gasteiger charge is -1.94. The van der Waals surface area contributed by atoms with Crippen LogP contribution in [0.1, 0.15) is 24.0 Å². The zero-order chi connectivity index (χ0) is 13.9. The van der Waals surface area contributed by atoms with Gasteiger partial charge in [-0.05, 0) is 35.8 Å². The van der Waals surface area contributed by atoms with Crippen molar-refractivity contribution < 1.29 is 0 Å². The van der Waals surface area contributed by atoms with Crippen molar-refractivity contribution in [2.45, 2.75) is 25.7 Å². The normalized spacial score (nSPS) is 9.00. The quantitative estimate of drug-likeness (QED) is 0.719. The molecule has 0 aliphatic carbocycles. The van der Waals surface area contributed by atoms with Crippen molar-refractivity contribution in [3.05, 3.63) is 71.8 Å². The molecule has 0 nitrogen and oxygen atoms in total. The van der Waals surface area contributed by atoms with Crippen LogP contribution >= 0.6 is 0 Å². The summed E-state index contributed by atoms with van der Waals surface area (Å²) in [5.74, 6) is 12.1. The van der Waals surface area contributed by atoms with E-state index in [0.717, 1.165) is 25.7 Å². The fourth-order valence-corrected chi connectivity index (χ4v) is 1.92. The van der Waals surface area contributed by atoms with Crippen LogP contribution in [0.25, 0.3) is 0 Å². The van der Waals surface area contributed by atoms with Crippen LogP contribution in [-0.4, -0.2) is 0 Å². The Morgan fingerprint density at radius 3 is 1.35 bits per heavy atom. The molecule has 2 rings (SSSR count). The summed E-state index contributed by atoms with van der Waals surface area (Å²) in [5.41, 5.74) is 2.66. The first-order chi connectivity index (χ1) is 9.95. The van der Waals surface area contributed by atoms with Gasteiger partial charge >= 0.3 is 0 Å². The van der Waals surface area contributed by atoms with Gasteiger partial charge in [0, 0.05) is 12.8 Å². The van der Waals surface area contributed by atoms with Crippen LogP contribution < -0.4 is 0 Å². The first-order valence-electron chi connectivity index (χ1n) is 6.99.